The maximum absolute atomic E-state index is 12.8. The van der Waals surface area contributed by atoms with Crippen molar-refractivity contribution in [3.8, 4) is 0 Å². The molecule has 1 aliphatic heterocycles. The number of nitrogens with zero attached hydrogens (tertiary/aromatic N) is 1. The van der Waals surface area contributed by atoms with Gasteiger partial charge in [0.1, 0.15) is 11.9 Å². The number of sulfonamides is 1. The van der Waals surface area contributed by atoms with Crippen LogP contribution in [0.4, 0.5) is 4.39 Å². The Balaban J connectivity index is 1.97. The van der Waals surface area contributed by atoms with Gasteiger partial charge in [0, 0.05) is 13.1 Å². The molecule has 1 aromatic rings. The number of hydrogen-bond acceptors (Lipinski definition) is 3. The molecule has 1 atom stereocenters. The van der Waals surface area contributed by atoms with Gasteiger partial charge in [0.25, 0.3) is 0 Å². The molecule has 0 bridgehead atoms. The van der Waals surface area contributed by atoms with Gasteiger partial charge in [-0.2, -0.15) is 4.31 Å². The van der Waals surface area contributed by atoms with E-state index in [1.807, 2.05) is 0 Å². The molecule has 0 radical (unpaired) electrons. The van der Waals surface area contributed by atoms with E-state index in [1.54, 1.807) is 19.1 Å². The number of nitrogens with one attached hydrogen (secondary N) is 1. The lowest BCUT2D eigenvalue weighted by atomic mass is 10.2. The van der Waals surface area contributed by atoms with Crippen molar-refractivity contribution in [2.24, 2.45) is 0 Å². The first-order chi connectivity index (χ1) is 10.4. The lowest BCUT2D eigenvalue weighted by Crippen LogP contribution is -2.46. The Morgan fingerprint density at radius 3 is 2.68 bits per heavy atom. The summed E-state index contributed by atoms with van der Waals surface area (Å²) in [5, 5.41) is 2.74. The Morgan fingerprint density at radius 2 is 2.05 bits per heavy atom. The van der Waals surface area contributed by atoms with Crippen molar-refractivity contribution in [1.29, 1.82) is 0 Å². The van der Waals surface area contributed by atoms with E-state index in [1.165, 1.54) is 16.4 Å². The van der Waals surface area contributed by atoms with Crippen molar-refractivity contribution in [3.63, 3.8) is 0 Å². The molecule has 1 heterocycles. The van der Waals surface area contributed by atoms with Gasteiger partial charge in [0.2, 0.25) is 15.9 Å². The summed E-state index contributed by atoms with van der Waals surface area (Å²) in [5.74, 6) is -0.557. The summed E-state index contributed by atoms with van der Waals surface area (Å²) in [4.78, 5) is 12.3. The highest BCUT2D eigenvalue weighted by atomic mass is 32.2. The molecule has 22 heavy (non-hydrogen) atoms. The molecule has 0 saturated carbocycles. The summed E-state index contributed by atoms with van der Waals surface area (Å²) in [6.07, 6.45) is 1.76. The summed E-state index contributed by atoms with van der Waals surface area (Å²) in [6, 6.07) is 5.22. The summed E-state index contributed by atoms with van der Waals surface area (Å²) >= 11 is 0. The molecule has 1 N–H and O–H groups in total. The molecule has 1 amide bonds. The summed E-state index contributed by atoms with van der Waals surface area (Å²) < 4.78 is 38.5. The second kappa shape index (κ2) is 7.19. The van der Waals surface area contributed by atoms with Crippen molar-refractivity contribution >= 4 is 15.9 Å². The highest BCUT2D eigenvalue weighted by Gasteiger charge is 2.37. The number of rotatable bonds is 6. The van der Waals surface area contributed by atoms with Crippen LogP contribution in [-0.4, -0.2) is 37.0 Å². The van der Waals surface area contributed by atoms with Crippen molar-refractivity contribution in [3.05, 3.63) is 35.6 Å². The van der Waals surface area contributed by atoms with E-state index in [4.69, 9.17) is 0 Å². The van der Waals surface area contributed by atoms with Crippen molar-refractivity contribution in [2.45, 2.75) is 38.8 Å². The zero-order valence-corrected chi connectivity index (χ0v) is 13.4. The van der Waals surface area contributed by atoms with Crippen LogP contribution in [0.3, 0.4) is 0 Å². The standard InChI is InChI=1S/C15H21FN2O3S/c1-2-10-22(20,21)18-9-3-4-14(18)15(19)17-11-12-5-7-13(16)8-6-12/h5-8,14H,2-4,9-11H2,1H3,(H,17,19). The smallest absolute Gasteiger partial charge is 0.238 e. The van der Waals surface area contributed by atoms with Crippen molar-refractivity contribution < 1.29 is 17.6 Å². The quantitative estimate of drug-likeness (QED) is 0.863. The van der Waals surface area contributed by atoms with Crippen LogP contribution in [0.25, 0.3) is 0 Å². The summed E-state index contributed by atoms with van der Waals surface area (Å²) in [5.41, 5.74) is 0.774. The normalized spacial score (nSPS) is 19.3. The fraction of sp³-hybridized carbons (Fsp3) is 0.533. The molecule has 1 fully saturated rings. The molecule has 0 aromatic heterocycles. The SMILES string of the molecule is CCCS(=O)(=O)N1CCCC1C(=O)NCc1ccc(F)cc1. The summed E-state index contributed by atoms with van der Waals surface area (Å²) in [6.45, 7) is 2.46. The Labute approximate surface area is 130 Å². The third-order valence-electron chi connectivity index (χ3n) is 3.71. The first-order valence-corrected chi connectivity index (χ1v) is 9.06. The Kier molecular flexibility index (Phi) is 5.52. The number of carbonyl (C=O) groups is 1. The predicted molar refractivity (Wildman–Crippen MR) is 82.1 cm³/mol. The topological polar surface area (TPSA) is 66.5 Å². The molecule has 1 aliphatic rings. The molecular formula is C15H21FN2O3S. The molecule has 7 heteroatoms. The molecule has 1 unspecified atom stereocenters. The van der Waals surface area contributed by atoms with Gasteiger partial charge in [-0.25, -0.2) is 12.8 Å². The minimum Gasteiger partial charge on any atom is -0.351 e. The zero-order chi connectivity index (χ0) is 16.2. The van der Waals surface area contributed by atoms with Crippen LogP contribution >= 0.6 is 0 Å². The monoisotopic (exact) mass is 328 g/mol. The molecule has 1 aromatic carbocycles. The van der Waals surface area contributed by atoms with Gasteiger partial charge < -0.3 is 5.32 Å². The number of carbonyl (C=O) groups excluding carboxylic acids is 1. The number of benzene rings is 1. The van der Waals surface area contributed by atoms with Crippen LogP contribution in [0.15, 0.2) is 24.3 Å². The molecule has 1 saturated heterocycles. The molecule has 5 nitrogen and oxygen atoms in total. The van der Waals surface area contributed by atoms with Crippen LogP contribution < -0.4 is 5.32 Å². The van der Waals surface area contributed by atoms with E-state index >= 15 is 0 Å². The van der Waals surface area contributed by atoms with E-state index < -0.39 is 16.1 Å². The van der Waals surface area contributed by atoms with Gasteiger partial charge in [0.15, 0.2) is 0 Å². The lowest BCUT2D eigenvalue weighted by Gasteiger charge is -2.23. The Morgan fingerprint density at radius 1 is 1.36 bits per heavy atom. The van der Waals surface area contributed by atoms with Gasteiger partial charge in [-0.15, -0.1) is 0 Å². The number of amides is 1. The first kappa shape index (κ1) is 16.9. The Hall–Kier alpha value is -1.47. The van der Waals surface area contributed by atoms with Crippen molar-refractivity contribution in [2.75, 3.05) is 12.3 Å². The molecule has 122 valence electrons. The molecule has 0 spiro atoms. The van der Waals surface area contributed by atoms with Crippen molar-refractivity contribution in [1.82, 2.24) is 9.62 Å². The number of hydrogen-bond donors (Lipinski definition) is 1. The zero-order valence-electron chi connectivity index (χ0n) is 12.6. The van der Waals surface area contributed by atoms with Gasteiger partial charge in [0.05, 0.1) is 5.75 Å². The summed E-state index contributed by atoms with van der Waals surface area (Å²) in [7, 11) is -3.37. The van der Waals surface area contributed by atoms with Gasteiger partial charge in [-0.05, 0) is 37.0 Å². The number of halogens is 1. The van der Waals surface area contributed by atoms with Crippen LogP contribution in [0, 0.1) is 5.82 Å². The van der Waals surface area contributed by atoms with E-state index in [2.05, 4.69) is 5.32 Å². The van der Waals surface area contributed by atoms with Crippen LogP contribution in [0.1, 0.15) is 31.7 Å². The average molecular weight is 328 g/mol. The van der Waals surface area contributed by atoms with Gasteiger partial charge in [-0.1, -0.05) is 19.1 Å². The predicted octanol–water partition coefficient (Wildman–Crippen LogP) is 1.65. The average Bonchev–Trinajstić information content (AvgIpc) is 2.97. The highest BCUT2D eigenvalue weighted by Crippen LogP contribution is 2.22. The maximum Gasteiger partial charge on any atom is 0.238 e. The first-order valence-electron chi connectivity index (χ1n) is 7.45. The third kappa shape index (κ3) is 4.04. The fourth-order valence-corrected chi connectivity index (χ4v) is 4.37. The Bertz CT molecular complexity index is 616. The minimum atomic E-state index is -3.37. The van der Waals surface area contributed by atoms with E-state index in [0.717, 1.165) is 5.56 Å². The van der Waals surface area contributed by atoms with E-state index in [9.17, 15) is 17.6 Å². The second-order valence-corrected chi connectivity index (χ2v) is 7.47. The molecule has 2 rings (SSSR count). The largest absolute Gasteiger partial charge is 0.351 e. The lowest BCUT2D eigenvalue weighted by molar-refractivity contribution is -0.124. The van der Waals surface area contributed by atoms with Gasteiger partial charge >= 0.3 is 0 Å². The fourth-order valence-electron chi connectivity index (χ4n) is 2.62. The van der Waals surface area contributed by atoms with Crippen LogP contribution in [-0.2, 0) is 21.4 Å². The van der Waals surface area contributed by atoms with Gasteiger partial charge in [-0.3, -0.25) is 4.79 Å². The van der Waals surface area contributed by atoms with Crippen LogP contribution in [0.5, 0.6) is 0 Å². The highest BCUT2D eigenvalue weighted by molar-refractivity contribution is 7.89. The second-order valence-electron chi connectivity index (χ2n) is 5.43. The van der Waals surface area contributed by atoms with E-state index in [0.29, 0.717) is 25.8 Å². The van der Waals surface area contributed by atoms with E-state index in [-0.39, 0.29) is 24.0 Å². The molecular weight excluding hydrogens is 307 g/mol. The maximum atomic E-state index is 12.8. The van der Waals surface area contributed by atoms with Crippen LogP contribution in [0.2, 0.25) is 0 Å². The third-order valence-corrected chi connectivity index (χ3v) is 5.78. The minimum absolute atomic E-state index is 0.0642. The molecule has 0 aliphatic carbocycles.